The van der Waals surface area contributed by atoms with Gasteiger partial charge in [0.25, 0.3) is 0 Å². The van der Waals surface area contributed by atoms with Gasteiger partial charge in [-0.15, -0.1) is 0 Å². The second-order valence-corrected chi connectivity index (χ2v) is 3.63. The van der Waals surface area contributed by atoms with E-state index in [1.165, 1.54) is 0 Å². The maximum Gasteiger partial charge on any atom is 0.170 e. The lowest BCUT2D eigenvalue weighted by Gasteiger charge is -2.22. The van der Waals surface area contributed by atoms with E-state index in [1.54, 1.807) is 25.4 Å². The Bertz CT molecular complexity index is 375. The first-order chi connectivity index (χ1) is 7.01. The highest BCUT2D eigenvalue weighted by atomic mass is 16.5. The average Bonchev–Trinajstić information content (AvgIpc) is 2.28. The smallest absolute Gasteiger partial charge is 0.170 e. The zero-order valence-corrected chi connectivity index (χ0v) is 9.06. The molecule has 1 rings (SSSR count). The summed E-state index contributed by atoms with van der Waals surface area (Å²) in [5, 5.41) is 11.5. The molecule has 1 heterocycles. The van der Waals surface area contributed by atoms with E-state index in [0.717, 1.165) is 5.69 Å². The Hall–Kier alpha value is -1.62. The summed E-state index contributed by atoms with van der Waals surface area (Å²) in [6.07, 6.45) is 1.60. The molecule has 0 atom stereocenters. The number of hydrogen-bond acceptors (Lipinski definition) is 4. The molecule has 0 bridgehead atoms. The Morgan fingerprint density at radius 1 is 1.60 bits per heavy atom. The molecule has 0 radical (unpaired) electrons. The van der Waals surface area contributed by atoms with Gasteiger partial charge in [0.1, 0.15) is 5.60 Å². The van der Waals surface area contributed by atoms with Crippen LogP contribution < -0.4 is 5.73 Å². The molecular weight excluding hydrogens is 194 g/mol. The van der Waals surface area contributed by atoms with E-state index < -0.39 is 5.60 Å². The van der Waals surface area contributed by atoms with Crippen LogP contribution in [0.15, 0.2) is 23.5 Å². The molecular formula is C10H15N3O2. The number of methoxy groups -OCH3 is 1. The van der Waals surface area contributed by atoms with Crippen LogP contribution in [0.3, 0.4) is 0 Å². The van der Waals surface area contributed by atoms with Crippen molar-refractivity contribution in [3.63, 3.8) is 0 Å². The van der Waals surface area contributed by atoms with Crippen molar-refractivity contribution >= 4 is 5.84 Å². The summed E-state index contributed by atoms with van der Waals surface area (Å²) in [5.41, 5.74) is 6.33. The summed E-state index contributed by atoms with van der Waals surface area (Å²) >= 11 is 0. The van der Waals surface area contributed by atoms with Gasteiger partial charge in [0, 0.05) is 18.9 Å². The van der Waals surface area contributed by atoms with Gasteiger partial charge in [-0.2, -0.15) is 0 Å². The van der Waals surface area contributed by atoms with Gasteiger partial charge in [-0.1, -0.05) is 5.16 Å². The predicted octanol–water partition coefficient (Wildman–Crippen LogP) is 1.06. The maximum atomic E-state index is 8.55. The number of aromatic nitrogens is 1. The summed E-state index contributed by atoms with van der Waals surface area (Å²) in [6, 6.07) is 3.41. The molecule has 0 aromatic carbocycles. The summed E-state index contributed by atoms with van der Waals surface area (Å²) < 4.78 is 5.29. The second-order valence-electron chi connectivity index (χ2n) is 3.63. The Kier molecular flexibility index (Phi) is 3.26. The predicted molar refractivity (Wildman–Crippen MR) is 56.8 cm³/mol. The molecule has 1 aromatic rings. The van der Waals surface area contributed by atoms with Crippen LogP contribution in [-0.4, -0.2) is 23.1 Å². The van der Waals surface area contributed by atoms with E-state index in [9.17, 15) is 0 Å². The van der Waals surface area contributed by atoms with Gasteiger partial charge in [0.05, 0.1) is 5.69 Å². The number of nitrogens with zero attached hydrogens (tertiary/aromatic N) is 2. The molecule has 0 unspecified atom stereocenters. The molecule has 0 aliphatic heterocycles. The van der Waals surface area contributed by atoms with Gasteiger partial charge in [-0.25, -0.2) is 0 Å². The number of amidine groups is 1. The average molecular weight is 209 g/mol. The van der Waals surface area contributed by atoms with Gasteiger partial charge in [-0.3, -0.25) is 4.98 Å². The van der Waals surface area contributed by atoms with Gasteiger partial charge in [0.15, 0.2) is 5.84 Å². The molecule has 82 valence electrons. The zero-order valence-electron chi connectivity index (χ0n) is 9.06. The first kappa shape index (κ1) is 11.5. The molecule has 5 nitrogen and oxygen atoms in total. The highest BCUT2D eigenvalue weighted by molar-refractivity contribution is 5.96. The van der Waals surface area contributed by atoms with Gasteiger partial charge >= 0.3 is 0 Å². The molecule has 3 N–H and O–H groups in total. The van der Waals surface area contributed by atoms with Crippen molar-refractivity contribution in [1.82, 2.24) is 4.98 Å². The number of ether oxygens (including phenoxy) is 1. The lowest BCUT2D eigenvalue weighted by molar-refractivity contribution is 0.0155. The van der Waals surface area contributed by atoms with Crippen molar-refractivity contribution in [3.05, 3.63) is 29.6 Å². The largest absolute Gasteiger partial charge is 0.409 e. The SMILES string of the molecule is COC(C)(C)c1cc(/C(N)=N/O)ccn1. The molecule has 0 saturated heterocycles. The minimum Gasteiger partial charge on any atom is -0.409 e. The van der Waals surface area contributed by atoms with Crippen LogP contribution in [0.4, 0.5) is 0 Å². The number of pyridine rings is 1. The Balaban J connectivity index is 3.14. The molecule has 0 saturated carbocycles. The molecule has 0 amide bonds. The maximum absolute atomic E-state index is 8.55. The standard InChI is InChI=1S/C10H15N3O2/c1-10(2,15-3)8-6-7(4-5-12-8)9(11)13-14/h4-6,14H,1-3H3,(H2,11,13). The van der Waals surface area contributed by atoms with Gasteiger partial charge < -0.3 is 15.7 Å². The van der Waals surface area contributed by atoms with E-state index in [-0.39, 0.29) is 5.84 Å². The minimum absolute atomic E-state index is 0.0607. The summed E-state index contributed by atoms with van der Waals surface area (Å²) in [4.78, 5) is 4.18. The third kappa shape index (κ3) is 2.44. The van der Waals surface area contributed by atoms with Crippen molar-refractivity contribution in [2.45, 2.75) is 19.4 Å². The Morgan fingerprint density at radius 2 is 2.27 bits per heavy atom. The molecule has 0 aliphatic rings. The normalized spacial score (nSPS) is 12.9. The fourth-order valence-electron chi connectivity index (χ4n) is 1.08. The van der Waals surface area contributed by atoms with Gasteiger partial charge in [-0.05, 0) is 26.0 Å². The van der Waals surface area contributed by atoms with Crippen molar-refractivity contribution in [2.75, 3.05) is 7.11 Å². The second kappa shape index (κ2) is 4.27. The summed E-state index contributed by atoms with van der Waals surface area (Å²) in [6.45, 7) is 3.79. The fraction of sp³-hybridized carbons (Fsp3) is 0.400. The molecule has 0 aliphatic carbocycles. The molecule has 5 heteroatoms. The van der Waals surface area contributed by atoms with Crippen LogP contribution in [0.1, 0.15) is 25.1 Å². The highest BCUT2D eigenvalue weighted by Gasteiger charge is 2.21. The quantitative estimate of drug-likeness (QED) is 0.337. The molecule has 0 spiro atoms. The number of hydrogen-bond donors (Lipinski definition) is 2. The Morgan fingerprint density at radius 3 is 2.80 bits per heavy atom. The van der Waals surface area contributed by atoms with Crippen LogP contribution in [-0.2, 0) is 10.3 Å². The van der Waals surface area contributed by atoms with Crippen LogP contribution >= 0.6 is 0 Å². The third-order valence-corrected chi connectivity index (χ3v) is 2.29. The van der Waals surface area contributed by atoms with Crippen LogP contribution in [0.5, 0.6) is 0 Å². The van der Waals surface area contributed by atoms with Crippen LogP contribution in [0.2, 0.25) is 0 Å². The number of oxime groups is 1. The van der Waals surface area contributed by atoms with Gasteiger partial charge in [0.2, 0.25) is 0 Å². The number of nitrogens with two attached hydrogens (primary N) is 1. The van der Waals surface area contributed by atoms with Crippen molar-refractivity contribution in [1.29, 1.82) is 0 Å². The van der Waals surface area contributed by atoms with E-state index in [2.05, 4.69) is 10.1 Å². The van der Waals surface area contributed by atoms with Crippen molar-refractivity contribution in [2.24, 2.45) is 10.9 Å². The number of rotatable bonds is 3. The van der Waals surface area contributed by atoms with Crippen LogP contribution in [0, 0.1) is 0 Å². The summed E-state index contributed by atoms with van der Waals surface area (Å²) in [7, 11) is 1.61. The topological polar surface area (TPSA) is 80.7 Å². The van der Waals surface area contributed by atoms with E-state index in [1.807, 2.05) is 13.8 Å². The van der Waals surface area contributed by atoms with Crippen molar-refractivity contribution < 1.29 is 9.94 Å². The van der Waals surface area contributed by atoms with Crippen molar-refractivity contribution in [3.8, 4) is 0 Å². The molecule has 1 aromatic heterocycles. The van der Waals surface area contributed by atoms with E-state index in [0.29, 0.717) is 5.56 Å². The summed E-state index contributed by atoms with van der Waals surface area (Å²) in [5.74, 6) is 0.0607. The first-order valence-electron chi connectivity index (χ1n) is 4.51. The van der Waals surface area contributed by atoms with E-state index >= 15 is 0 Å². The lowest BCUT2D eigenvalue weighted by atomic mass is 10.0. The lowest BCUT2D eigenvalue weighted by Crippen LogP contribution is -2.22. The molecule has 0 fully saturated rings. The Labute approximate surface area is 88.6 Å². The van der Waals surface area contributed by atoms with Crippen LogP contribution in [0.25, 0.3) is 0 Å². The fourth-order valence-corrected chi connectivity index (χ4v) is 1.08. The third-order valence-electron chi connectivity index (χ3n) is 2.29. The highest BCUT2D eigenvalue weighted by Crippen LogP contribution is 2.21. The monoisotopic (exact) mass is 209 g/mol. The first-order valence-corrected chi connectivity index (χ1v) is 4.51. The molecule has 15 heavy (non-hydrogen) atoms. The minimum atomic E-state index is -0.494. The zero-order chi connectivity index (χ0) is 11.5. The van der Waals surface area contributed by atoms with E-state index in [4.69, 9.17) is 15.7 Å².